The highest BCUT2D eigenvalue weighted by Gasteiger charge is 2.48. The average molecular weight is 374 g/mol. The summed E-state index contributed by atoms with van der Waals surface area (Å²) in [6.07, 6.45) is 5.30. The predicted molar refractivity (Wildman–Crippen MR) is 101 cm³/mol. The average Bonchev–Trinajstić information content (AvgIpc) is 3.20. The first kappa shape index (κ1) is 19.0. The zero-order valence-electron chi connectivity index (χ0n) is 16.2. The summed E-state index contributed by atoms with van der Waals surface area (Å²) >= 11 is 0. The Hall–Kier alpha value is -2.77. The molecule has 2 aromatic heterocycles. The molecule has 1 amide bonds. The number of aromatic nitrogens is 2. The third-order valence-electron chi connectivity index (χ3n) is 4.41. The van der Waals surface area contributed by atoms with Crippen molar-refractivity contribution in [2.24, 2.45) is 0 Å². The highest BCUT2D eigenvalue weighted by molar-refractivity contribution is 5.88. The summed E-state index contributed by atoms with van der Waals surface area (Å²) < 4.78 is 12.6. The molecule has 0 saturated carbocycles. The van der Waals surface area contributed by atoms with E-state index in [-0.39, 0.29) is 13.2 Å². The van der Waals surface area contributed by atoms with Gasteiger partial charge < -0.3 is 24.1 Å². The maximum Gasteiger partial charge on any atom is 0.408 e. The van der Waals surface area contributed by atoms with Gasteiger partial charge >= 0.3 is 12.1 Å². The normalized spacial score (nSPS) is 19.9. The van der Waals surface area contributed by atoms with E-state index in [1.165, 1.54) is 0 Å². The molecule has 1 aliphatic rings. The first-order valence-electron chi connectivity index (χ1n) is 9.09. The molecular formula is C19H26N4O4. The molecule has 2 aromatic rings. The van der Waals surface area contributed by atoms with Gasteiger partial charge in [0.1, 0.15) is 5.60 Å². The fourth-order valence-electron chi connectivity index (χ4n) is 3.28. The van der Waals surface area contributed by atoms with Crippen molar-refractivity contribution in [2.45, 2.75) is 45.3 Å². The molecule has 146 valence electrons. The molecule has 1 N–H and O–H groups in total. The van der Waals surface area contributed by atoms with Gasteiger partial charge in [0, 0.05) is 31.6 Å². The Morgan fingerprint density at radius 2 is 2.11 bits per heavy atom. The summed E-state index contributed by atoms with van der Waals surface area (Å²) in [5.41, 5.74) is -0.883. The van der Waals surface area contributed by atoms with Crippen LogP contribution in [-0.2, 0) is 14.3 Å². The summed E-state index contributed by atoms with van der Waals surface area (Å²) in [4.78, 5) is 31.5. The Kier molecular flexibility index (Phi) is 4.99. The van der Waals surface area contributed by atoms with Crippen molar-refractivity contribution in [1.82, 2.24) is 14.7 Å². The number of hydrogen-bond donors (Lipinski definition) is 1. The molecule has 27 heavy (non-hydrogen) atoms. The third-order valence-corrected chi connectivity index (χ3v) is 4.41. The zero-order chi connectivity index (χ0) is 19.7. The molecule has 1 atom stereocenters. The van der Waals surface area contributed by atoms with Crippen LogP contribution < -0.4 is 10.2 Å². The summed E-state index contributed by atoms with van der Waals surface area (Å²) in [5, 5.41) is 2.76. The SMILES string of the molecule is CCOC(=O)C1(NC(=O)OC(C)(C)C)CCN(c2nccn3cccc23)C1. The number of fused-ring (bicyclic) bond motifs is 1. The van der Waals surface area contributed by atoms with Crippen LogP contribution >= 0.6 is 0 Å². The summed E-state index contributed by atoms with van der Waals surface area (Å²) in [6.45, 7) is 8.15. The summed E-state index contributed by atoms with van der Waals surface area (Å²) in [6, 6.07) is 3.90. The lowest BCUT2D eigenvalue weighted by molar-refractivity contribution is -0.150. The number of ether oxygens (including phenoxy) is 2. The fraction of sp³-hybridized carbons (Fsp3) is 0.526. The van der Waals surface area contributed by atoms with Crippen LogP contribution in [0.4, 0.5) is 10.6 Å². The minimum atomic E-state index is -1.17. The van der Waals surface area contributed by atoms with E-state index in [4.69, 9.17) is 9.47 Å². The molecule has 3 heterocycles. The van der Waals surface area contributed by atoms with E-state index in [0.29, 0.717) is 13.0 Å². The van der Waals surface area contributed by atoms with Crippen molar-refractivity contribution in [3.8, 4) is 0 Å². The van der Waals surface area contributed by atoms with Gasteiger partial charge in [-0.05, 0) is 39.8 Å². The highest BCUT2D eigenvalue weighted by atomic mass is 16.6. The van der Waals surface area contributed by atoms with E-state index in [9.17, 15) is 9.59 Å². The largest absolute Gasteiger partial charge is 0.464 e. The number of rotatable bonds is 4. The van der Waals surface area contributed by atoms with Crippen LogP contribution in [0.1, 0.15) is 34.1 Å². The lowest BCUT2D eigenvalue weighted by Gasteiger charge is -2.30. The highest BCUT2D eigenvalue weighted by Crippen LogP contribution is 2.30. The van der Waals surface area contributed by atoms with Gasteiger partial charge in [0.05, 0.1) is 18.7 Å². The van der Waals surface area contributed by atoms with E-state index in [1.807, 2.05) is 33.8 Å². The third kappa shape index (κ3) is 3.99. The minimum absolute atomic E-state index is 0.239. The molecular weight excluding hydrogens is 348 g/mol. The van der Waals surface area contributed by atoms with Crippen LogP contribution in [0.25, 0.3) is 5.52 Å². The Balaban J connectivity index is 1.86. The number of anilines is 1. The predicted octanol–water partition coefficient (Wildman–Crippen LogP) is 2.37. The van der Waals surface area contributed by atoms with Crippen molar-refractivity contribution in [3.05, 3.63) is 30.7 Å². The van der Waals surface area contributed by atoms with E-state index in [0.717, 1.165) is 11.3 Å². The molecule has 1 fully saturated rings. The van der Waals surface area contributed by atoms with Crippen molar-refractivity contribution in [2.75, 3.05) is 24.6 Å². The van der Waals surface area contributed by atoms with Gasteiger partial charge in [0.15, 0.2) is 11.4 Å². The van der Waals surface area contributed by atoms with Crippen LogP contribution in [-0.4, -0.2) is 52.3 Å². The van der Waals surface area contributed by atoms with Gasteiger partial charge in [-0.15, -0.1) is 0 Å². The first-order valence-corrected chi connectivity index (χ1v) is 9.09. The summed E-state index contributed by atoms with van der Waals surface area (Å²) in [5.74, 6) is 0.306. The van der Waals surface area contributed by atoms with Crippen molar-refractivity contribution in [3.63, 3.8) is 0 Å². The lowest BCUT2D eigenvalue weighted by Crippen LogP contribution is -2.58. The van der Waals surface area contributed by atoms with Gasteiger partial charge in [0.25, 0.3) is 0 Å². The lowest BCUT2D eigenvalue weighted by atomic mass is 9.99. The maximum atomic E-state index is 12.7. The van der Waals surface area contributed by atoms with Crippen molar-refractivity contribution < 1.29 is 19.1 Å². The Labute approximate surface area is 158 Å². The number of nitrogens with one attached hydrogen (secondary N) is 1. The number of amides is 1. The standard InChI is InChI=1S/C19H26N4O4/c1-5-26-16(24)19(21-17(25)27-18(2,3)4)8-11-23(13-19)15-14-7-6-10-22(14)12-9-20-15/h6-7,9-10,12H,5,8,11,13H2,1-4H3,(H,21,25). The second-order valence-electron chi connectivity index (χ2n) is 7.65. The second-order valence-corrected chi connectivity index (χ2v) is 7.65. The van der Waals surface area contributed by atoms with E-state index in [1.54, 1.807) is 33.9 Å². The number of carbonyl (C=O) groups excluding carboxylic acids is 2. The van der Waals surface area contributed by atoms with Crippen LogP contribution in [0.5, 0.6) is 0 Å². The Morgan fingerprint density at radius 1 is 1.33 bits per heavy atom. The van der Waals surface area contributed by atoms with Gasteiger partial charge in [-0.3, -0.25) is 0 Å². The molecule has 0 aliphatic carbocycles. The zero-order valence-corrected chi connectivity index (χ0v) is 16.2. The van der Waals surface area contributed by atoms with Gasteiger partial charge in [0.2, 0.25) is 0 Å². The molecule has 0 aromatic carbocycles. The van der Waals surface area contributed by atoms with Crippen LogP contribution in [0.2, 0.25) is 0 Å². The quantitative estimate of drug-likeness (QED) is 0.827. The molecule has 0 bridgehead atoms. The molecule has 0 spiro atoms. The number of hydrogen-bond acceptors (Lipinski definition) is 6. The minimum Gasteiger partial charge on any atom is -0.464 e. The Morgan fingerprint density at radius 3 is 2.81 bits per heavy atom. The maximum absolute atomic E-state index is 12.7. The molecule has 0 radical (unpaired) electrons. The van der Waals surface area contributed by atoms with Crippen LogP contribution in [0.15, 0.2) is 30.7 Å². The number of carbonyl (C=O) groups is 2. The molecule has 1 aliphatic heterocycles. The van der Waals surface area contributed by atoms with Crippen LogP contribution in [0, 0.1) is 0 Å². The monoisotopic (exact) mass is 374 g/mol. The molecule has 3 rings (SSSR count). The molecule has 1 saturated heterocycles. The first-order chi connectivity index (χ1) is 12.7. The van der Waals surface area contributed by atoms with Crippen molar-refractivity contribution in [1.29, 1.82) is 0 Å². The summed E-state index contributed by atoms with van der Waals surface area (Å²) in [7, 11) is 0. The van der Waals surface area contributed by atoms with Gasteiger partial charge in [-0.25, -0.2) is 14.6 Å². The smallest absolute Gasteiger partial charge is 0.408 e. The van der Waals surface area contributed by atoms with E-state index in [2.05, 4.69) is 10.3 Å². The topological polar surface area (TPSA) is 85.2 Å². The van der Waals surface area contributed by atoms with Crippen LogP contribution in [0.3, 0.4) is 0 Å². The van der Waals surface area contributed by atoms with E-state index >= 15 is 0 Å². The molecule has 8 nitrogen and oxygen atoms in total. The number of alkyl carbamates (subject to hydrolysis) is 1. The second kappa shape index (κ2) is 7.09. The van der Waals surface area contributed by atoms with E-state index < -0.39 is 23.2 Å². The molecule has 1 unspecified atom stereocenters. The van der Waals surface area contributed by atoms with Gasteiger partial charge in [-0.2, -0.15) is 0 Å². The number of esters is 1. The van der Waals surface area contributed by atoms with Gasteiger partial charge in [-0.1, -0.05) is 0 Å². The molecule has 8 heteroatoms. The fourth-order valence-corrected chi connectivity index (χ4v) is 3.28. The Bertz CT molecular complexity index is 842. The van der Waals surface area contributed by atoms with Crippen molar-refractivity contribution >= 4 is 23.4 Å². The number of nitrogens with zero attached hydrogens (tertiary/aromatic N) is 3.